The molecule has 0 spiro atoms. The Morgan fingerprint density at radius 3 is 2.44 bits per heavy atom. The quantitative estimate of drug-likeness (QED) is 0.344. The number of cyclic esters (lactones) is 1. The Balaban J connectivity index is 1.34. The summed E-state index contributed by atoms with van der Waals surface area (Å²) in [7, 11) is -1.43. The van der Waals surface area contributed by atoms with Gasteiger partial charge in [0.15, 0.2) is 0 Å². The molecule has 318 valence electrons. The minimum atomic E-state index is -1.58. The van der Waals surface area contributed by atoms with Crippen molar-refractivity contribution in [1.29, 1.82) is 0 Å². The van der Waals surface area contributed by atoms with Crippen molar-refractivity contribution in [2.75, 3.05) is 31.1 Å². The van der Waals surface area contributed by atoms with Gasteiger partial charge in [-0.2, -0.15) is 0 Å². The van der Waals surface area contributed by atoms with Crippen molar-refractivity contribution in [2.24, 2.45) is 5.92 Å². The minimum absolute atomic E-state index is 0.0233. The molecule has 2 aromatic rings. The molecule has 6 rings (SSSR count). The molecule has 6 amide bonds. The van der Waals surface area contributed by atoms with E-state index in [0.717, 1.165) is 11.6 Å². The first-order valence-electron chi connectivity index (χ1n) is 19.9. The van der Waals surface area contributed by atoms with Crippen LogP contribution in [0.2, 0.25) is 5.02 Å². The fraction of sp³-hybridized carbons (Fsp3) is 0.537. The maximum absolute atomic E-state index is 14.7. The molecule has 18 heteroatoms. The van der Waals surface area contributed by atoms with Crippen LogP contribution in [-0.2, 0) is 61.9 Å². The van der Waals surface area contributed by atoms with Crippen LogP contribution in [0.4, 0.5) is 4.39 Å². The Morgan fingerprint density at radius 1 is 0.966 bits per heavy atom. The van der Waals surface area contributed by atoms with Crippen LogP contribution in [0.3, 0.4) is 0 Å². The summed E-state index contributed by atoms with van der Waals surface area (Å²) in [6.07, 6.45) is -0.925. The predicted octanol–water partition coefficient (Wildman–Crippen LogP) is 1.18. The number of aryl methyl sites for hydroxylation is 1. The number of nitrogens with zero attached hydrogens (tertiary/aromatic N) is 3. The molecule has 2 aromatic carbocycles. The van der Waals surface area contributed by atoms with Crippen LogP contribution in [0.25, 0.3) is 0 Å². The lowest BCUT2D eigenvalue weighted by Gasteiger charge is -2.39. The van der Waals surface area contributed by atoms with Gasteiger partial charge in [0.1, 0.15) is 48.2 Å². The Labute approximate surface area is 349 Å². The number of hydrogen-bond acceptors (Lipinski definition) is 9. The number of benzene rings is 2. The van der Waals surface area contributed by atoms with Crippen LogP contribution >= 0.6 is 11.6 Å². The summed E-state index contributed by atoms with van der Waals surface area (Å²) >= 11 is 5.90. The number of hydrogen-bond donors (Lipinski definition) is 3. The number of fused-ring (bicyclic) bond motifs is 3. The zero-order chi connectivity index (χ0) is 42.7. The third-order valence-electron chi connectivity index (χ3n) is 11.4. The number of nitrogens with one attached hydrogen (secondary N) is 3. The first-order chi connectivity index (χ1) is 28.0. The molecular formula is C41H50ClFN6O9S. The largest absolute Gasteiger partial charge is 0.458 e. The second-order valence-corrected chi connectivity index (χ2v) is 18.0. The van der Waals surface area contributed by atoms with Crippen molar-refractivity contribution < 1.29 is 46.9 Å². The maximum Gasteiger partial charge on any atom is 0.329 e. The molecule has 3 N–H and O–H groups in total. The third-order valence-corrected chi connectivity index (χ3v) is 12.9. The number of carbonyl (C=O) groups excluding carboxylic acids is 7. The summed E-state index contributed by atoms with van der Waals surface area (Å²) in [5.74, 6) is -5.75. The molecule has 4 aliphatic heterocycles. The van der Waals surface area contributed by atoms with Crippen LogP contribution < -0.4 is 16.0 Å². The molecule has 0 aromatic heterocycles. The molecule has 4 fully saturated rings. The molecule has 0 bridgehead atoms. The van der Waals surface area contributed by atoms with E-state index in [1.807, 2.05) is 26.0 Å². The van der Waals surface area contributed by atoms with E-state index in [1.165, 1.54) is 40.7 Å². The average molecular weight is 857 g/mol. The summed E-state index contributed by atoms with van der Waals surface area (Å²) in [5, 5.41) is 8.22. The number of halogens is 2. The molecular weight excluding hydrogens is 807 g/mol. The van der Waals surface area contributed by atoms with Crippen molar-refractivity contribution in [3.63, 3.8) is 0 Å². The molecule has 0 aliphatic carbocycles. The lowest BCUT2D eigenvalue weighted by Crippen LogP contribution is -2.64. The lowest BCUT2D eigenvalue weighted by atomic mass is 10.0. The van der Waals surface area contributed by atoms with Gasteiger partial charge in [0.2, 0.25) is 35.4 Å². The Morgan fingerprint density at radius 2 is 1.71 bits per heavy atom. The monoisotopic (exact) mass is 856 g/mol. The van der Waals surface area contributed by atoms with E-state index in [0.29, 0.717) is 12.0 Å². The number of esters is 1. The highest BCUT2D eigenvalue weighted by Gasteiger charge is 2.48. The third kappa shape index (κ3) is 10.1. The van der Waals surface area contributed by atoms with Crippen molar-refractivity contribution in [2.45, 2.75) is 102 Å². The fourth-order valence-corrected chi connectivity index (χ4v) is 9.72. The van der Waals surface area contributed by atoms with E-state index in [-0.39, 0.29) is 66.9 Å². The van der Waals surface area contributed by atoms with Gasteiger partial charge in [0.05, 0.1) is 12.2 Å². The highest BCUT2D eigenvalue weighted by molar-refractivity contribution is 7.85. The van der Waals surface area contributed by atoms with Crippen molar-refractivity contribution in [3.05, 3.63) is 70.0 Å². The second kappa shape index (κ2) is 18.6. The SMILES string of the molecule is Cc1cccc(C[C@H](NC(=O)Cc2ccc(Cl)cc2F)C(=O)N[C@@H]2C(=O)N3CCC[C@H]3C(=O)N3CCS(=O)C[C@H]3C(=O)N[C@@H](C)C(=O)N3C[C@H](C)C[C@H]3C(=O)O[C@H]2C)c1. The highest BCUT2D eigenvalue weighted by atomic mass is 35.5. The number of amides is 6. The lowest BCUT2D eigenvalue weighted by molar-refractivity contribution is -0.163. The normalized spacial score (nSPS) is 28.6. The number of carbonyl (C=O) groups is 7. The van der Waals surface area contributed by atoms with Gasteiger partial charge < -0.3 is 35.4 Å². The van der Waals surface area contributed by atoms with Gasteiger partial charge in [-0.15, -0.1) is 0 Å². The van der Waals surface area contributed by atoms with E-state index in [2.05, 4.69) is 16.0 Å². The van der Waals surface area contributed by atoms with E-state index in [9.17, 15) is 42.2 Å². The second-order valence-electron chi connectivity index (χ2n) is 16.0. The predicted molar refractivity (Wildman–Crippen MR) is 214 cm³/mol. The first kappa shape index (κ1) is 43.7. The number of rotatable bonds is 7. The van der Waals surface area contributed by atoms with Crippen molar-refractivity contribution in [1.82, 2.24) is 30.7 Å². The van der Waals surface area contributed by atoms with Crippen LogP contribution in [0.15, 0.2) is 42.5 Å². The highest BCUT2D eigenvalue weighted by Crippen LogP contribution is 2.28. The van der Waals surface area contributed by atoms with Crippen molar-refractivity contribution in [3.8, 4) is 0 Å². The van der Waals surface area contributed by atoms with Crippen LogP contribution in [-0.4, -0.2) is 134 Å². The molecule has 4 heterocycles. The summed E-state index contributed by atoms with van der Waals surface area (Å²) in [6, 6.07) is 3.82. The van der Waals surface area contributed by atoms with Gasteiger partial charge in [-0.25, -0.2) is 9.18 Å². The summed E-state index contributed by atoms with van der Waals surface area (Å²) in [5.41, 5.74) is 1.60. The minimum Gasteiger partial charge on any atom is -0.458 e. The van der Waals surface area contributed by atoms with E-state index < -0.39 is 107 Å². The molecule has 4 saturated heterocycles. The summed E-state index contributed by atoms with van der Waals surface area (Å²) in [6.45, 7) is 6.88. The van der Waals surface area contributed by atoms with Gasteiger partial charge >= 0.3 is 5.97 Å². The molecule has 4 aliphatic rings. The van der Waals surface area contributed by atoms with Crippen LogP contribution in [0.1, 0.15) is 56.7 Å². The Kier molecular flexibility index (Phi) is 13.7. The van der Waals surface area contributed by atoms with Crippen LogP contribution in [0, 0.1) is 18.7 Å². The van der Waals surface area contributed by atoms with E-state index in [1.54, 1.807) is 12.1 Å². The first-order valence-corrected chi connectivity index (χ1v) is 21.7. The Hall–Kier alpha value is -4.90. The maximum atomic E-state index is 14.7. The van der Waals surface area contributed by atoms with E-state index >= 15 is 0 Å². The van der Waals surface area contributed by atoms with Gasteiger partial charge in [-0.1, -0.05) is 54.4 Å². The van der Waals surface area contributed by atoms with Gasteiger partial charge in [-0.3, -0.25) is 33.0 Å². The molecule has 0 radical (unpaired) electrons. The topological polar surface area (TPSA) is 192 Å². The van der Waals surface area contributed by atoms with Gasteiger partial charge in [-0.05, 0) is 69.2 Å². The summed E-state index contributed by atoms with van der Waals surface area (Å²) < 4.78 is 33.4. The average Bonchev–Trinajstić information content (AvgIpc) is 3.84. The molecule has 9 atom stereocenters. The zero-order valence-electron chi connectivity index (χ0n) is 33.4. The molecule has 1 unspecified atom stereocenters. The summed E-state index contributed by atoms with van der Waals surface area (Å²) in [4.78, 5) is 102. The standard InChI is InChI=1S/C41H50ClFN6O9S/c1-22-7-5-8-26(15-22)17-30(45-34(50)18-27-10-11-28(42)19-29(27)43)36(51)46-35-25(4)58-41(56)32-16-23(2)20-49(32)38(53)24(3)44-37(52)33-21-59(57)14-13-48(33)39(54)31-9-6-12-47(31)40(35)55/h5,7-8,10-11,15,19,23-25,30-33,35H,6,9,12-14,16-18,20-21H2,1-4H3,(H,44,52)(H,45,50)(H,46,51)/t23-,24+,25+,30+,31+,32+,33+,35+,59?/m1/s1. The zero-order valence-corrected chi connectivity index (χ0v) is 35.0. The molecule has 0 saturated carbocycles. The van der Waals surface area contributed by atoms with Gasteiger partial charge in [0, 0.05) is 47.6 Å². The smallest absolute Gasteiger partial charge is 0.329 e. The van der Waals surface area contributed by atoms with Gasteiger partial charge in [0.25, 0.3) is 0 Å². The Bertz CT molecular complexity index is 2040. The fourth-order valence-electron chi connectivity index (χ4n) is 8.31. The van der Waals surface area contributed by atoms with Crippen molar-refractivity contribution >= 4 is 63.8 Å². The van der Waals surface area contributed by atoms with Crippen LogP contribution in [0.5, 0.6) is 0 Å². The van der Waals surface area contributed by atoms with E-state index in [4.69, 9.17) is 16.3 Å². The number of ether oxygens (including phenoxy) is 1. The molecule has 15 nitrogen and oxygen atoms in total. The molecule has 59 heavy (non-hydrogen) atoms.